The summed E-state index contributed by atoms with van der Waals surface area (Å²) in [5.74, 6) is 1.60. The zero-order chi connectivity index (χ0) is 14.9. The highest BCUT2D eigenvalue weighted by Crippen LogP contribution is 2.12. The topological polar surface area (TPSA) is 50.7 Å². The van der Waals surface area contributed by atoms with Crippen LogP contribution in [0.3, 0.4) is 0 Å². The van der Waals surface area contributed by atoms with Gasteiger partial charge < -0.3 is 19.9 Å². The number of methoxy groups -OCH3 is 1. The van der Waals surface area contributed by atoms with Gasteiger partial charge in [-0.3, -0.25) is 0 Å². The van der Waals surface area contributed by atoms with Gasteiger partial charge in [0.25, 0.3) is 0 Å². The summed E-state index contributed by atoms with van der Waals surface area (Å²) >= 11 is 0. The second kappa shape index (κ2) is 8.29. The molecule has 2 N–H and O–H groups in total. The van der Waals surface area contributed by atoms with Crippen molar-refractivity contribution in [2.24, 2.45) is 0 Å². The third-order valence-electron chi connectivity index (χ3n) is 3.03. The van der Waals surface area contributed by atoms with Crippen molar-refractivity contribution in [3.8, 4) is 11.5 Å². The molecule has 0 radical (unpaired) electrons. The smallest absolute Gasteiger partial charge is 0.119 e. The van der Waals surface area contributed by atoms with Crippen molar-refractivity contribution in [1.29, 1.82) is 0 Å². The van der Waals surface area contributed by atoms with Crippen molar-refractivity contribution >= 4 is 0 Å². The lowest BCUT2D eigenvalue weighted by Crippen LogP contribution is -2.31. The van der Waals surface area contributed by atoms with Gasteiger partial charge in [-0.15, -0.1) is 0 Å². The lowest BCUT2D eigenvalue weighted by molar-refractivity contribution is 0.106. The Morgan fingerprint density at radius 2 is 1.81 bits per heavy atom. The van der Waals surface area contributed by atoms with E-state index in [0.29, 0.717) is 13.1 Å². The Bertz CT molecular complexity index is 531. The Balaban J connectivity index is 1.68. The third kappa shape index (κ3) is 5.45. The summed E-state index contributed by atoms with van der Waals surface area (Å²) in [6.07, 6.45) is -0.546. The lowest BCUT2D eigenvalue weighted by atomic mass is 10.2. The summed E-state index contributed by atoms with van der Waals surface area (Å²) in [6.45, 7) is 1.43. The van der Waals surface area contributed by atoms with E-state index in [-0.39, 0.29) is 6.61 Å². The monoisotopic (exact) mass is 287 g/mol. The molecule has 1 unspecified atom stereocenters. The number of hydrogen-bond donors (Lipinski definition) is 2. The standard InChI is InChI=1S/C17H21NO3/c1-20-17-9-5-6-14(10-17)11-18-12-15(19)13-21-16-7-3-2-4-8-16/h2-10,15,18-19H,11-13H2,1H3. The highest BCUT2D eigenvalue weighted by molar-refractivity contribution is 5.28. The molecule has 0 aliphatic carbocycles. The molecule has 0 saturated carbocycles. The molecule has 0 heterocycles. The minimum atomic E-state index is -0.546. The van der Waals surface area contributed by atoms with E-state index in [9.17, 15) is 5.11 Å². The fourth-order valence-electron chi connectivity index (χ4n) is 1.93. The summed E-state index contributed by atoms with van der Waals surface area (Å²) < 4.78 is 10.7. The molecular weight excluding hydrogens is 266 g/mol. The van der Waals surface area contributed by atoms with Gasteiger partial charge >= 0.3 is 0 Å². The molecule has 21 heavy (non-hydrogen) atoms. The number of benzene rings is 2. The van der Waals surface area contributed by atoms with Gasteiger partial charge in [0.15, 0.2) is 0 Å². The van der Waals surface area contributed by atoms with Gasteiger partial charge in [-0.1, -0.05) is 30.3 Å². The summed E-state index contributed by atoms with van der Waals surface area (Å²) in [5, 5.41) is 13.1. The summed E-state index contributed by atoms with van der Waals surface area (Å²) in [5.41, 5.74) is 1.12. The number of hydrogen-bond acceptors (Lipinski definition) is 4. The first-order valence-corrected chi connectivity index (χ1v) is 6.97. The van der Waals surface area contributed by atoms with Crippen LogP contribution in [0.25, 0.3) is 0 Å². The van der Waals surface area contributed by atoms with Gasteiger partial charge in [0.2, 0.25) is 0 Å². The molecule has 2 rings (SSSR count). The Kier molecular flexibility index (Phi) is 6.06. The molecule has 0 spiro atoms. The molecule has 0 amide bonds. The Labute approximate surface area is 125 Å². The second-order valence-electron chi connectivity index (χ2n) is 4.76. The Morgan fingerprint density at radius 1 is 1.05 bits per heavy atom. The molecule has 4 nitrogen and oxygen atoms in total. The summed E-state index contributed by atoms with van der Waals surface area (Å²) in [6, 6.07) is 17.3. The average molecular weight is 287 g/mol. The van der Waals surface area contributed by atoms with Crippen molar-refractivity contribution in [1.82, 2.24) is 5.32 Å². The fraction of sp³-hybridized carbons (Fsp3) is 0.294. The first-order chi connectivity index (χ1) is 10.3. The van der Waals surface area contributed by atoms with Gasteiger partial charge in [-0.2, -0.15) is 0 Å². The van der Waals surface area contributed by atoms with E-state index in [1.165, 1.54) is 0 Å². The number of ether oxygens (including phenoxy) is 2. The van der Waals surface area contributed by atoms with E-state index in [1.807, 2.05) is 54.6 Å². The highest BCUT2D eigenvalue weighted by atomic mass is 16.5. The zero-order valence-corrected chi connectivity index (χ0v) is 12.2. The van der Waals surface area contributed by atoms with E-state index in [2.05, 4.69) is 5.32 Å². The third-order valence-corrected chi connectivity index (χ3v) is 3.03. The van der Waals surface area contributed by atoms with Crippen LogP contribution < -0.4 is 14.8 Å². The molecule has 0 saturated heterocycles. The minimum Gasteiger partial charge on any atom is -0.497 e. The summed E-state index contributed by atoms with van der Waals surface area (Å²) in [4.78, 5) is 0. The molecule has 0 fully saturated rings. The van der Waals surface area contributed by atoms with E-state index in [1.54, 1.807) is 7.11 Å². The number of nitrogens with one attached hydrogen (secondary N) is 1. The quantitative estimate of drug-likeness (QED) is 0.781. The SMILES string of the molecule is COc1cccc(CNCC(O)COc2ccccc2)c1. The zero-order valence-electron chi connectivity index (χ0n) is 12.2. The van der Waals surface area contributed by atoms with Crippen LogP contribution in [0.15, 0.2) is 54.6 Å². The van der Waals surface area contributed by atoms with E-state index in [0.717, 1.165) is 17.1 Å². The molecular formula is C17H21NO3. The fourth-order valence-corrected chi connectivity index (χ4v) is 1.93. The van der Waals surface area contributed by atoms with Crippen LogP contribution in [-0.2, 0) is 6.54 Å². The Hall–Kier alpha value is -2.04. The molecule has 0 bridgehead atoms. The average Bonchev–Trinajstić information content (AvgIpc) is 2.54. The van der Waals surface area contributed by atoms with Crippen LogP contribution in [0.1, 0.15) is 5.56 Å². The van der Waals surface area contributed by atoms with Gasteiger partial charge in [-0.25, -0.2) is 0 Å². The van der Waals surface area contributed by atoms with Crippen LogP contribution in [-0.4, -0.2) is 31.5 Å². The highest BCUT2D eigenvalue weighted by Gasteiger charge is 2.05. The first-order valence-electron chi connectivity index (χ1n) is 6.97. The normalized spacial score (nSPS) is 11.9. The number of rotatable bonds is 8. The van der Waals surface area contributed by atoms with Gasteiger partial charge in [0.05, 0.1) is 7.11 Å². The number of para-hydroxylation sites is 1. The van der Waals surface area contributed by atoms with E-state index in [4.69, 9.17) is 9.47 Å². The van der Waals surface area contributed by atoms with Gasteiger partial charge in [-0.05, 0) is 29.8 Å². The molecule has 0 aromatic heterocycles. The molecule has 112 valence electrons. The van der Waals surface area contributed by atoms with Crippen LogP contribution in [0.4, 0.5) is 0 Å². The molecule has 4 heteroatoms. The maximum atomic E-state index is 9.88. The maximum absolute atomic E-state index is 9.88. The van der Waals surface area contributed by atoms with Crippen LogP contribution >= 0.6 is 0 Å². The van der Waals surface area contributed by atoms with Crippen molar-refractivity contribution in [2.45, 2.75) is 12.6 Å². The lowest BCUT2D eigenvalue weighted by Gasteiger charge is -2.13. The van der Waals surface area contributed by atoms with Gasteiger partial charge in [0.1, 0.15) is 24.2 Å². The molecule has 2 aromatic rings. The van der Waals surface area contributed by atoms with Crippen molar-refractivity contribution in [3.05, 3.63) is 60.2 Å². The Morgan fingerprint density at radius 3 is 2.57 bits per heavy atom. The minimum absolute atomic E-state index is 0.273. The predicted octanol–water partition coefficient (Wildman–Crippen LogP) is 2.22. The molecule has 2 aromatic carbocycles. The second-order valence-corrected chi connectivity index (χ2v) is 4.76. The molecule has 1 atom stereocenters. The van der Waals surface area contributed by atoms with E-state index >= 15 is 0 Å². The predicted molar refractivity (Wildman–Crippen MR) is 82.6 cm³/mol. The van der Waals surface area contributed by atoms with Gasteiger partial charge in [0, 0.05) is 13.1 Å². The van der Waals surface area contributed by atoms with Crippen molar-refractivity contribution < 1.29 is 14.6 Å². The molecule has 0 aliphatic rings. The van der Waals surface area contributed by atoms with Crippen molar-refractivity contribution in [2.75, 3.05) is 20.3 Å². The summed E-state index contributed by atoms with van der Waals surface area (Å²) in [7, 11) is 1.65. The number of aliphatic hydroxyl groups excluding tert-OH is 1. The maximum Gasteiger partial charge on any atom is 0.119 e. The molecule has 0 aliphatic heterocycles. The van der Waals surface area contributed by atoms with E-state index < -0.39 is 6.10 Å². The number of aliphatic hydroxyl groups is 1. The van der Waals surface area contributed by atoms with Crippen LogP contribution in [0, 0.1) is 0 Å². The van der Waals surface area contributed by atoms with Crippen LogP contribution in [0.2, 0.25) is 0 Å². The largest absolute Gasteiger partial charge is 0.497 e. The first kappa shape index (κ1) is 15.4. The van der Waals surface area contributed by atoms with Crippen molar-refractivity contribution in [3.63, 3.8) is 0 Å². The van der Waals surface area contributed by atoms with Crippen LogP contribution in [0.5, 0.6) is 11.5 Å².